The molecular formula is C55H92O12S. The number of carbonyl (C=O) groups excluding carboxylic acids is 1. The molecular weight excluding hydrogens is 885 g/mol. The van der Waals surface area contributed by atoms with E-state index < -0.39 is 59.8 Å². The molecule has 1 aliphatic heterocycles. The number of aliphatic hydroxyl groups is 3. The highest BCUT2D eigenvalue weighted by Crippen LogP contribution is 2.26. The van der Waals surface area contributed by atoms with Crippen LogP contribution in [0.1, 0.15) is 181 Å². The van der Waals surface area contributed by atoms with Crippen molar-refractivity contribution in [1.29, 1.82) is 0 Å². The Bertz CT molecular complexity index is 1550. The highest BCUT2D eigenvalue weighted by Gasteiger charge is 2.48. The molecule has 0 aromatic heterocycles. The maximum atomic E-state index is 12.9. The molecule has 13 heteroatoms. The van der Waals surface area contributed by atoms with E-state index in [9.17, 15) is 33.1 Å². The average Bonchev–Trinajstić information content (AvgIpc) is 3.31. The fourth-order valence-corrected chi connectivity index (χ4v) is 7.87. The van der Waals surface area contributed by atoms with Gasteiger partial charge in [0.15, 0.2) is 6.29 Å². The fraction of sp³-hybridized carbons (Fsp3) is 0.691. The van der Waals surface area contributed by atoms with Crippen molar-refractivity contribution in [3.8, 4) is 0 Å². The van der Waals surface area contributed by atoms with E-state index >= 15 is 0 Å². The Labute approximate surface area is 412 Å². The van der Waals surface area contributed by atoms with Crippen molar-refractivity contribution < 1.29 is 56.2 Å². The largest absolute Gasteiger partial charge is 0.457 e. The zero-order chi connectivity index (χ0) is 49.6. The van der Waals surface area contributed by atoms with Gasteiger partial charge in [0, 0.05) is 13.0 Å². The summed E-state index contributed by atoms with van der Waals surface area (Å²) >= 11 is 0. The van der Waals surface area contributed by atoms with Crippen LogP contribution in [0.5, 0.6) is 0 Å². The van der Waals surface area contributed by atoms with E-state index in [2.05, 4.69) is 115 Å². The second-order valence-corrected chi connectivity index (χ2v) is 18.4. The van der Waals surface area contributed by atoms with Gasteiger partial charge in [0.05, 0.1) is 19.8 Å². The molecule has 1 rings (SSSR count). The van der Waals surface area contributed by atoms with Crippen LogP contribution in [0, 0.1) is 0 Å². The summed E-state index contributed by atoms with van der Waals surface area (Å²) < 4.78 is 59.2. The Balaban J connectivity index is 2.33. The Hall–Kier alpha value is -2.98. The lowest BCUT2D eigenvalue weighted by Gasteiger charge is -2.41. The van der Waals surface area contributed by atoms with Gasteiger partial charge in [-0.25, -0.2) is 4.18 Å². The molecule has 1 fully saturated rings. The molecule has 68 heavy (non-hydrogen) atoms. The molecule has 1 saturated heterocycles. The smallest absolute Gasteiger partial charge is 0.397 e. The standard InChI is InChI=1S/C55H92O12S/c1-3-5-7-9-11-13-15-17-19-20-21-22-23-24-25-26-27-28-29-31-33-35-37-39-41-43-45-63-47-49(48-64-55-53(59)54(67-68(60,61)62)52(58)50(46-56)66-55)65-51(57)44-42-40-38-36-34-32-30-18-16-14-12-10-8-6-4-2/h5-8,11-14,17-19,21-22,24-25,30,49-50,52-56,58-59H,3-4,9-10,15-16,20,23,26-29,31-48H2,1-2H3,(H,60,61,62)/b7-5-,8-6-,13-11-,14-12-,19-17-,22-21-,25-24-,30-18-. The lowest BCUT2D eigenvalue weighted by atomic mass is 9.99. The summed E-state index contributed by atoms with van der Waals surface area (Å²) in [5.41, 5.74) is 0. The van der Waals surface area contributed by atoms with Crippen LogP contribution in [0.15, 0.2) is 97.2 Å². The predicted molar refractivity (Wildman–Crippen MR) is 275 cm³/mol. The van der Waals surface area contributed by atoms with Gasteiger partial charge in [-0.05, 0) is 89.9 Å². The predicted octanol–water partition coefficient (Wildman–Crippen LogP) is 12.2. The van der Waals surface area contributed by atoms with Crippen molar-refractivity contribution in [3.05, 3.63) is 97.2 Å². The number of hydrogen-bond acceptors (Lipinski definition) is 11. The van der Waals surface area contributed by atoms with Gasteiger partial charge in [-0.3, -0.25) is 9.35 Å². The third-order valence-electron chi connectivity index (χ3n) is 11.2. The van der Waals surface area contributed by atoms with Crippen molar-refractivity contribution in [2.45, 2.75) is 218 Å². The molecule has 0 aliphatic carbocycles. The number of esters is 1. The second-order valence-electron chi connectivity index (χ2n) is 17.3. The number of allylic oxidation sites excluding steroid dienone is 16. The Kier molecular flexibility index (Phi) is 41.9. The van der Waals surface area contributed by atoms with Gasteiger partial charge in [0.25, 0.3) is 0 Å². The molecule has 0 aromatic carbocycles. The number of rotatable bonds is 44. The summed E-state index contributed by atoms with van der Waals surface area (Å²) in [5, 5.41) is 30.8. The molecule has 0 aromatic rings. The molecule has 0 saturated carbocycles. The molecule has 0 bridgehead atoms. The lowest BCUT2D eigenvalue weighted by Crippen LogP contribution is -2.60. The van der Waals surface area contributed by atoms with Crippen molar-refractivity contribution in [2.75, 3.05) is 26.4 Å². The van der Waals surface area contributed by atoms with E-state index in [0.29, 0.717) is 13.0 Å². The van der Waals surface area contributed by atoms with Crippen LogP contribution in [0.4, 0.5) is 0 Å². The molecule has 390 valence electrons. The Morgan fingerprint density at radius 1 is 0.559 bits per heavy atom. The Morgan fingerprint density at radius 2 is 0.971 bits per heavy atom. The van der Waals surface area contributed by atoms with Crippen molar-refractivity contribution in [1.82, 2.24) is 0 Å². The van der Waals surface area contributed by atoms with Crippen molar-refractivity contribution >= 4 is 16.4 Å². The van der Waals surface area contributed by atoms with E-state index in [4.69, 9.17) is 18.9 Å². The summed E-state index contributed by atoms with van der Waals surface area (Å²) in [5.74, 6) is -0.421. The zero-order valence-electron chi connectivity index (χ0n) is 41.9. The molecule has 1 aliphatic rings. The molecule has 6 atom stereocenters. The minimum absolute atomic E-state index is 0.0197. The third kappa shape index (κ3) is 37.9. The molecule has 0 radical (unpaired) electrons. The van der Waals surface area contributed by atoms with Crippen LogP contribution in [-0.4, -0.2) is 97.5 Å². The van der Waals surface area contributed by atoms with Gasteiger partial charge >= 0.3 is 16.4 Å². The van der Waals surface area contributed by atoms with E-state index in [1.54, 1.807) is 0 Å². The van der Waals surface area contributed by atoms with Crippen LogP contribution in [-0.2, 0) is 38.3 Å². The third-order valence-corrected chi connectivity index (χ3v) is 11.7. The quantitative estimate of drug-likeness (QED) is 0.0197. The molecule has 12 nitrogen and oxygen atoms in total. The molecule has 6 unspecified atom stereocenters. The van der Waals surface area contributed by atoms with Crippen LogP contribution >= 0.6 is 0 Å². The summed E-state index contributed by atoms with van der Waals surface area (Å²) in [6, 6.07) is 0. The van der Waals surface area contributed by atoms with Gasteiger partial charge < -0.3 is 34.3 Å². The monoisotopic (exact) mass is 977 g/mol. The van der Waals surface area contributed by atoms with Crippen LogP contribution < -0.4 is 0 Å². The molecule has 4 N–H and O–H groups in total. The summed E-state index contributed by atoms with van der Waals surface area (Å²) in [6.45, 7) is 3.72. The first-order valence-corrected chi connectivity index (χ1v) is 27.4. The second kappa shape index (κ2) is 45.2. The van der Waals surface area contributed by atoms with Crippen molar-refractivity contribution in [3.63, 3.8) is 0 Å². The van der Waals surface area contributed by atoms with E-state index in [1.807, 2.05) is 0 Å². The number of hydrogen-bond donors (Lipinski definition) is 4. The zero-order valence-corrected chi connectivity index (χ0v) is 42.7. The minimum Gasteiger partial charge on any atom is -0.457 e. The first-order chi connectivity index (χ1) is 33.1. The van der Waals surface area contributed by atoms with Gasteiger partial charge in [0.2, 0.25) is 0 Å². The van der Waals surface area contributed by atoms with Gasteiger partial charge in [0.1, 0.15) is 30.5 Å². The summed E-state index contributed by atoms with van der Waals surface area (Å²) in [7, 11) is -5.07. The first-order valence-electron chi connectivity index (χ1n) is 26.0. The van der Waals surface area contributed by atoms with Crippen LogP contribution in [0.25, 0.3) is 0 Å². The van der Waals surface area contributed by atoms with Crippen LogP contribution in [0.3, 0.4) is 0 Å². The minimum atomic E-state index is -5.07. The molecule has 1 heterocycles. The van der Waals surface area contributed by atoms with Crippen LogP contribution in [0.2, 0.25) is 0 Å². The molecule has 0 spiro atoms. The maximum absolute atomic E-state index is 12.9. The maximum Gasteiger partial charge on any atom is 0.397 e. The number of aliphatic hydroxyl groups excluding tert-OH is 3. The van der Waals surface area contributed by atoms with Gasteiger partial charge in [-0.2, -0.15) is 8.42 Å². The fourth-order valence-electron chi connectivity index (χ4n) is 7.36. The molecule has 0 amide bonds. The van der Waals surface area contributed by atoms with E-state index in [-0.39, 0.29) is 19.6 Å². The average molecular weight is 977 g/mol. The summed E-state index contributed by atoms with van der Waals surface area (Å²) in [4.78, 5) is 12.9. The van der Waals surface area contributed by atoms with Gasteiger partial charge in [-0.15, -0.1) is 0 Å². The summed E-state index contributed by atoms with van der Waals surface area (Å²) in [6.07, 6.45) is 53.0. The topological polar surface area (TPSA) is 178 Å². The lowest BCUT2D eigenvalue weighted by molar-refractivity contribution is -0.301. The van der Waals surface area contributed by atoms with E-state index in [0.717, 1.165) is 109 Å². The van der Waals surface area contributed by atoms with Gasteiger partial charge in [-0.1, -0.05) is 182 Å². The van der Waals surface area contributed by atoms with Crippen molar-refractivity contribution in [2.24, 2.45) is 0 Å². The highest BCUT2D eigenvalue weighted by molar-refractivity contribution is 7.80. The highest BCUT2D eigenvalue weighted by atomic mass is 32.3. The number of unbranched alkanes of at least 4 members (excludes halogenated alkanes) is 15. The Morgan fingerprint density at radius 3 is 1.41 bits per heavy atom. The normalized spacial score (nSPS) is 20.1. The first kappa shape index (κ1) is 63.0. The van der Waals surface area contributed by atoms with E-state index in [1.165, 1.54) is 44.9 Å². The number of carbonyl (C=O) groups is 1. The number of ether oxygens (including phenoxy) is 4. The SMILES string of the molecule is CC/C=C\C/C=C\C/C=C\C/C=C\C/C=C\CCCCCCCCCCCCOCC(COC1OC(CO)C(O)C(OS(=O)(=O)O)C1O)OC(=O)CCCCCCC/C=C\C/C=C\C/C=C\CC.